The van der Waals surface area contributed by atoms with E-state index in [-0.39, 0.29) is 36.7 Å². The van der Waals surface area contributed by atoms with Crippen molar-refractivity contribution in [2.45, 2.75) is 53.0 Å². The van der Waals surface area contributed by atoms with E-state index in [1.54, 1.807) is 30.9 Å². The van der Waals surface area contributed by atoms with Gasteiger partial charge in [-0.2, -0.15) is 0 Å². The van der Waals surface area contributed by atoms with Crippen molar-refractivity contribution in [3.8, 4) is 0 Å². The fraction of sp³-hybridized carbons (Fsp3) is 0.370. The number of ether oxygens (including phenoxy) is 1. The van der Waals surface area contributed by atoms with Crippen LogP contribution in [0, 0.1) is 6.92 Å². The van der Waals surface area contributed by atoms with Crippen molar-refractivity contribution in [3.05, 3.63) is 82.1 Å². The number of aryl methyl sites for hydroxylation is 1. The maximum absolute atomic E-state index is 13.2. The van der Waals surface area contributed by atoms with Gasteiger partial charge in [0.05, 0.1) is 18.7 Å². The second kappa shape index (κ2) is 10.9. The highest BCUT2D eigenvalue weighted by Crippen LogP contribution is 2.38. The lowest BCUT2D eigenvalue weighted by molar-refractivity contribution is -0.140. The van der Waals surface area contributed by atoms with Crippen LogP contribution in [-0.2, 0) is 20.9 Å². The molecule has 6 heteroatoms. The van der Waals surface area contributed by atoms with Gasteiger partial charge in [0.1, 0.15) is 0 Å². The minimum absolute atomic E-state index is 0.0430. The Morgan fingerprint density at radius 3 is 2.39 bits per heavy atom. The molecule has 0 bridgehead atoms. The Morgan fingerprint density at radius 2 is 1.76 bits per heavy atom. The summed E-state index contributed by atoms with van der Waals surface area (Å²) in [5, 5.41) is 2.86. The smallest absolute Gasteiger partial charge is 0.336 e. The van der Waals surface area contributed by atoms with Crippen molar-refractivity contribution in [2.75, 3.05) is 13.2 Å². The molecule has 0 spiro atoms. The number of amides is 2. The lowest BCUT2D eigenvalue weighted by Gasteiger charge is -2.35. The summed E-state index contributed by atoms with van der Waals surface area (Å²) in [7, 11) is 0. The van der Waals surface area contributed by atoms with Crippen LogP contribution in [0.2, 0.25) is 0 Å². The van der Waals surface area contributed by atoms with Crippen LogP contribution in [0.3, 0.4) is 0 Å². The molecule has 2 amide bonds. The van der Waals surface area contributed by atoms with Crippen molar-refractivity contribution in [1.82, 2.24) is 10.2 Å². The van der Waals surface area contributed by atoms with Crippen molar-refractivity contribution in [3.63, 3.8) is 0 Å². The first-order valence-corrected chi connectivity index (χ1v) is 11.5. The predicted octanol–water partition coefficient (Wildman–Crippen LogP) is 4.49. The Balaban J connectivity index is 1.91. The van der Waals surface area contributed by atoms with E-state index in [2.05, 4.69) is 5.32 Å². The SMILES string of the molecule is CCCNC(=O)c1ccc(CN2C(=O)CC(c3ccccc3C)C(C(=O)OCC)=C2C)cc1. The summed E-state index contributed by atoms with van der Waals surface area (Å²) < 4.78 is 5.37. The third-order valence-electron chi connectivity index (χ3n) is 5.97. The molecular formula is C27H32N2O4. The quantitative estimate of drug-likeness (QED) is 0.604. The minimum atomic E-state index is -0.385. The van der Waals surface area contributed by atoms with E-state index in [1.165, 1.54) is 0 Å². The van der Waals surface area contributed by atoms with Crippen LogP contribution in [-0.4, -0.2) is 35.8 Å². The highest BCUT2D eigenvalue weighted by Gasteiger charge is 2.37. The number of benzene rings is 2. The van der Waals surface area contributed by atoms with Gasteiger partial charge in [0.25, 0.3) is 5.91 Å². The predicted molar refractivity (Wildman–Crippen MR) is 127 cm³/mol. The first-order valence-electron chi connectivity index (χ1n) is 11.5. The molecule has 33 heavy (non-hydrogen) atoms. The monoisotopic (exact) mass is 448 g/mol. The molecule has 0 fully saturated rings. The highest BCUT2D eigenvalue weighted by molar-refractivity contribution is 5.96. The summed E-state index contributed by atoms with van der Waals surface area (Å²) in [6, 6.07) is 15.0. The molecule has 0 aliphatic carbocycles. The molecule has 2 aromatic rings. The van der Waals surface area contributed by atoms with Crippen molar-refractivity contribution >= 4 is 17.8 Å². The van der Waals surface area contributed by atoms with Crippen LogP contribution in [0.4, 0.5) is 0 Å². The summed E-state index contributed by atoms with van der Waals surface area (Å²) in [4.78, 5) is 39.9. The van der Waals surface area contributed by atoms with Gasteiger partial charge in [-0.05, 0) is 56.0 Å². The maximum Gasteiger partial charge on any atom is 0.336 e. The normalized spacial score (nSPS) is 16.1. The Morgan fingerprint density at radius 1 is 1.06 bits per heavy atom. The van der Waals surface area contributed by atoms with Crippen LogP contribution in [0.5, 0.6) is 0 Å². The minimum Gasteiger partial charge on any atom is -0.463 e. The van der Waals surface area contributed by atoms with Gasteiger partial charge in [0, 0.05) is 30.1 Å². The molecule has 0 saturated heterocycles. The number of nitrogens with zero attached hydrogens (tertiary/aromatic N) is 1. The fourth-order valence-corrected chi connectivity index (χ4v) is 4.20. The number of hydrogen-bond acceptors (Lipinski definition) is 4. The van der Waals surface area contributed by atoms with E-state index >= 15 is 0 Å². The molecule has 174 valence electrons. The Labute approximate surface area is 195 Å². The van der Waals surface area contributed by atoms with Crippen LogP contribution >= 0.6 is 0 Å². The third-order valence-corrected chi connectivity index (χ3v) is 5.97. The molecule has 0 aromatic heterocycles. The standard InChI is InChI=1S/C27H32N2O4/c1-5-15-28-26(31)21-13-11-20(12-14-21)17-29-19(4)25(27(32)33-6-2)23(16-24(29)30)22-10-8-7-9-18(22)3/h7-14,23H,5-6,15-17H2,1-4H3,(H,28,31). The molecule has 6 nitrogen and oxygen atoms in total. The van der Waals surface area contributed by atoms with E-state index in [0.717, 1.165) is 23.1 Å². The van der Waals surface area contributed by atoms with Gasteiger partial charge in [0.2, 0.25) is 5.91 Å². The number of esters is 1. The fourth-order valence-electron chi connectivity index (χ4n) is 4.20. The lowest BCUT2D eigenvalue weighted by atomic mass is 9.81. The van der Waals surface area contributed by atoms with Gasteiger partial charge in [-0.3, -0.25) is 9.59 Å². The summed E-state index contributed by atoms with van der Waals surface area (Å²) in [6.07, 6.45) is 1.08. The van der Waals surface area contributed by atoms with Gasteiger partial charge >= 0.3 is 5.97 Å². The summed E-state index contributed by atoms with van der Waals surface area (Å²) in [5.41, 5.74) is 4.61. The van der Waals surface area contributed by atoms with E-state index in [1.807, 2.05) is 50.2 Å². The van der Waals surface area contributed by atoms with Crippen LogP contribution < -0.4 is 5.32 Å². The maximum atomic E-state index is 13.2. The van der Waals surface area contributed by atoms with E-state index < -0.39 is 0 Å². The van der Waals surface area contributed by atoms with Crippen LogP contribution in [0.25, 0.3) is 0 Å². The average Bonchev–Trinajstić information content (AvgIpc) is 2.80. The molecule has 1 N–H and O–H groups in total. The largest absolute Gasteiger partial charge is 0.463 e. The summed E-state index contributed by atoms with van der Waals surface area (Å²) >= 11 is 0. The number of carbonyl (C=O) groups excluding carboxylic acids is 3. The van der Waals surface area contributed by atoms with E-state index in [0.29, 0.717) is 29.9 Å². The van der Waals surface area contributed by atoms with Crippen molar-refractivity contribution in [2.24, 2.45) is 0 Å². The zero-order valence-electron chi connectivity index (χ0n) is 19.8. The Kier molecular flexibility index (Phi) is 8.04. The van der Waals surface area contributed by atoms with Gasteiger partial charge in [-0.15, -0.1) is 0 Å². The highest BCUT2D eigenvalue weighted by atomic mass is 16.5. The zero-order valence-corrected chi connectivity index (χ0v) is 19.8. The average molecular weight is 449 g/mol. The van der Waals surface area contributed by atoms with Gasteiger partial charge in [0.15, 0.2) is 0 Å². The molecule has 1 atom stereocenters. The molecule has 1 heterocycles. The van der Waals surface area contributed by atoms with Gasteiger partial charge in [-0.1, -0.05) is 43.3 Å². The van der Waals surface area contributed by atoms with Crippen LogP contribution in [0.15, 0.2) is 59.8 Å². The molecule has 1 aliphatic heterocycles. The molecule has 3 rings (SSSR count). The molecule has 2 aromatic carbocycles. The molecule has 0 saturated carbocycles. The summed E-state index contributed by atoms with van der Waals surface area (Å²) in [6.45, 7) is 8.80. The first-order chi connectivity index (χ1) is 15.9. The molecule has 0 radical (unpaired) electrons. The number of hydrogen-bond donors (Lipinski definition) is 1. The first kappa shape index (κ1) is 24.2. The third kappa shape index (κ3) is 5.51. The second-order valence-electron chi connectivity index (χ2n) is 8.27. The van der Waals surface area contributed by atoms with Crippen molar-refractivity contribution in [1.29, 1.82) is 0 Å². The second-order valence-corrected chi connectivity index (χ2v) is 8.27. The van der Waals surface area contributed by atoms with Gasteiger partial charge < -0.3 is 15.0 Å². The Hall–Kier alpha value is -3.41. The van der Waals surface area contributed by atoms with E-state index in [9.17, 15) is 14.4 Å². The zero-order chi connectivity index (χ0) is 24.0. The number of carbonyl (C=O) groups is 3. The Bertz CT molecular complexity index is 1060. The number of nitrogens with one attached hydrogen (secondary N) is 1. The molecular weight excluding hydrogens is 416 g/mol. The lowest BCUT2D eigenvalue weighted by Crippen LogP contribution is -2.38. The van der Waals surface area contributed by atoms with Gasteiger partial charge in [-0.25, -0.2) is 4.79 Å². The number of rotatable bonds is 8. The molecule has 1 aliphatic rings. The summed E-state index contributed by atoms with van der Waals surface area (Å²) in [5.74, 6) is -0.875. The van der Waals surface area contributed by atoms with E-state index in [4.69, 9.17) is 4.74 Å². The van der Waals surface area contributed by atoms with Crippen LogP contribution in [0.1, 0.15) is 66.6 Å². The topological polar surface area (TPSA) is 75.7 Å². The van der Waals surface area contributed by atoms with Crippen molar-refractivity contribution < 1.29 is 19.1 Å². The molecule has 1 unspecified atom stereocenters. The number of allylic oxidation sites excluding steroid dienone is 1.